The van der Waals surface area contributed by atoms with Gasteiger partial charge in [0.1, 0.15) is 5.69 Å². The van der Waals surface area contributed by atoms with Gasteiger partial charge in [0, 0.05) is 24.3 Å². The van der Waals surface area contributed by atoms with Crippen LogP contribution >= 0.6 is 0 Å². The van der Waals surface area contributed by atoms with Crippen molar-refractivity contribution >= 4 is 11.8 Å². The highest BCUT2D eigenvalue weighted by Crippen LogP contribution is 2.19. The molecular weight excluding hydrogens is 218 g/mol. The number of likely N-dealkylation sites (tertiary alicyclic amines) is 1. The zero-order valence-electron chi connectivity index (χ0n) is 9.72. The summed E-state index contributed by atoms with van der Waals surface area (Å²) in [6.45, 7) is 2.80. The first-order valence-corrected chi connectivity index (χ1v) is 5.66. The van der Waals surface area contributed by atoms with Crippen LogP contribution in [0.15, 0.2) is 18.3 Å². The quantitative estimate of drug-likeness (QED) is 0.821. The SMILES string of the molecule is CC1CCCN1C(=O)c1ccnc(C(N)=O)c1. The van der Waals surface area contributed by atoms with E-state index < -0.39 is 5.91 Å². The number of primary amides is 1. The van der Waals surface area contributed by atoms with Gasteiger partial charge >= 0.3 is 0 Å². The predicted molar refractivity (Wildman–Crippen MR) is 62.5 cm³/mol. The molecule has 0 saturated carbocycles. The Bertz CT molecular complexity index is 459. The highest BCUT2D eigenvalue weighted by molar-refractivity contribution is 5.98. The van der Waals surface area contributed by atoms with Gasteiger partial charge in [0.15, 0.2) is 0 Å². The fourth-order valence-corrected chi connectivity index (χ4v) is 2.10. The van der Waals surface area contributed by atoms with Gasteiger partial charge in [0.05, 0.1) is 0 Å². The van der Waals surface area contributed by atoms with Gasteiger partial charge in [-0.2, -0.15) is 0 Å². The van der Waals surface area contributed by atoms with E-state index in [1.165, 1.54) is 12.3 Å². The second-order valence-electron chi connectivity index (χ2n) is 4.28. The number of aromatic nitrogens is 1. The van der Waals surface area contributed by atoms with Crippen LogP contribution in [0.1, 0.15) is 40.6 Å². The molecule has 1 unspecified atom stereocenters. The second kappa shape index (κ2) is 4.53. The highest BCUT2D eigenvalue weighted by atomic mass is 16.2. The first kappa shape index (κ1) is 11.6. The lowest BCUT2D eigenvalue weighted by Crippen LogP contribution is -2.33. The summed E-state index contributed by atoms with van der Waals surface area (Å²) in [5, 5.41) is 0. The Morgan fingerprint density at radius 1 is 1.53 bits per heavy atom. The van der Waals surface area contributed by atoms with Crippen LogP contribution in [0, 0.1) is 0 Å². The lowest BCUT2D eigenvalue weighted by atomic mass is 10.2. The Labute approximate surface area is 99.6 Å². The number of nitrogens with zero attached hydrogens (tertiary/aromatic N) is 2. The van der Waals surface area contributed by atoms with Crippen LogP contribution in [0.2, 0.25) is 0 Å². The largest absolute Gasteiger partial charge is 0.364 e. The maximum Gasteiger partial charge on any atom is 0.267 e. The van der Waals surface area contributed by atoms with Crippen LogP contribution in [0.25, 0.3) is 0 Å². The summed E-state index contributed by atoms with van der Waals surface area (Å²) < 4.78 is 0. The number of amides is 2. The van der Waals surface area contributed by atoms with E-state index in [2.05, 4.69) is 4.98 Å². The van der Waals surface area contributed by atoms with Crippen LogP contribution in [-0.2, 0) is 0 Å². The van der Waals surface area contributed by atoms with Crippen molar-refractivity contribution in [3.05, 3.63) is 29.6 Å². The van der Waals surface area contributed by atoms with Crippen molar-refractivity contribution in [2.24, 2.45) is 5.73 Å². The maximum atomic E-state index is 12.2. The Morgan fingerprint density at radius 3 is 2.88 bits per heavy atom. The molecule has 0 bridgehead atoms. The molecule has 1 atom stereocenters. The van der Waals surface area contributed by atoms with Crippen molar-refractivity contribution < 1.29 is 9.59 Å². The summed E-state index contributed by atoms with van der Waals surface area (Å²) in [6.07, 6.45) is 3.49. The summed E-state index contributed by atoms with van der Waals surface area (Å²) >= 11 is 0. The van der Waals surface area contributed by atoms with Crippen molar-refractivity contribution in [3.63, 3.8) is 0 Å². The zero-order chi connectivity index (χ0) is 12.4. The minimum absolute atomic E-state index is 0.0556. The third-order valence-electron chi connectivity index (χ3n) is 3.07. The van der Waals surface area contributed by atoms with E-state index in [1.54, 1.807) is 6.07 Å². The first-order valence-electron chi connectivity index (χ1n) is 5.66. The molecule has 0 spiro atoms. The van der Waals surface area contributed by atoms with Crippen LogP contribution in [0.3, 0.4) is 0 Å². The Hall–Kier alpha value is -1.91. The monoisotopic (exact) mass is 233 g/mol. The molecule has 1 aliphatic heterocycles. The average Bonchev–Trinajstić information content (AvgIpc) is 2.74. The van der Waals surface area contributed by atoms with Crippen LogP contribution in [0.4, 0.5) is 0 Å². The number of pyridine rings is 1. The molecule has 2 rings (SSSR count). The van der Waals surface area contributed by atoms with E-state index in [9.17, 15) is 9.59 Å². The van der Waals surface area contributed by atoms with E-state index >= 15 is 0 Å². The number of nitrogens with two attached hydrogens (primary N) is 1. The fraction of sp³-hybridized carbons (Fsp3) is 0.417. The first-order chi connectivity index (χ1) is 8.09. The Balaban J connectivity index is 2.24. The molecule has 0 aliphatic carbocycles. The number of carbonyl (C=O) groups excluding carboxylic acids is 2. The standard InChI is InChI=1S/C12H15N3O2/c1-8-3-2-6-15(8)12(17)9-4-5-14-10(7-9)11(13)16/h4-5,7-8H,2-3,6H2,1H3,(H2,13,16). The minimum atomic E-state index is -0.617. The molecule has 0 aromatic carbocycles. The zero-order valence-corrected chi connectivity index (χ0v) is 9.72. The predicted octanol–water partition coefficient (Wildman–Crippen LogP) is 0.805. The Morgan fingerprint density at radius 2 is 2.29 bits per heavy atom. The summed E-state index contributed by atoms with van der Waals surface area (Å²) in [5.74, 6) is -0.672. The van der Waals surface area contributed by atoms with Gasteiger partial charge in [0.2, 0.25) is 0 Å². The molecule has 1 fully saturated rings. The van der Waals surface area contributed by atoms with Crippen LogP contribution < -0.4 is 5.73 Å². The van der Waals surface area contributed by atoms with Gasteiger partial charge in [-0.25, -0.2) is 0 Å². The van der Waals surface area contributed by atoms with Crippen molar-refractivity contribution in [3.8, 4) is 0 Å². The van der Waals surface area contributed by atoms with Crippen molar-refractivity contribution in [2.75, 3.05) is 6.54 Å². The lowest BCUT2D eigenvalue weighted by Gasteiger charge is -2.21. The van der Waals surface area contributed by atoms with Crippen LogP contribution in [0.5, 0.6) is 0 Å². The van der Waals surface area contributed by atoms with Crippen molar-refractivity contribution in [1.29, 1.82) is 0 Å². The number of rotatable bonds is 2. The topological polar surface area (TPSA) is 76.3 Å². The van der Waals surface area contributed by atoms with Gasteiger partial charge in [-0.15, -0.1) is 0 Å². The molecule has 90 valence electrons. The molecule has 2 heterocycles. The summed E-state index contributed by atoms with van der Waals surface area (Å²) in [6, 6.07) is 3.32. The van der Waals surface area contributed by atoms with E-state index in [1.807, 2.05) is 11.8 Å². The second-order valence-corrected chi connectivity index (χ2v) is 4.28. The molecule has 1 aromatic rings. The summed E-state index contributed by atoms with van der Waals surface area (Å²) in [7, 11) is 0. The van der Waals surface area contributed by atoms with Gasteiger partial charge in [-0.3, -0.25) is 14.6 Å². The highest BCUT2D eigenvalue weighted by Gasteiger charge is 2.26. The molecule has 2 amide bonds. The minimum Gasteiger partial charge on any atom is -0.364 e. The fourth-order valence-electron chi connectivity index (χ4n) is 2.10. The van der Waals surface area contributed by atoms with Gasteiger partial charge < -0.3 is 10.6 Å². The van der Waals surface area contributed by atoms with Gasteiger partial charge in [0.25, 0.3) is 11.8 Å². The molecule has 0 radical (unpaired) electrons. The summed E-state index contributed by atoms with van der Waals surface area (Å²) in [4.78, 5) is 28.8. The molecule has 5 nitrogen and oxygen atoms in total. The molecule has 17 heavy (non-hydrogen) atoms. The van der Waals surface area contributed by atoms with Crippen molar-refractivity contribution in [2.45, 2.75) is 25.8 Å². The number of hydrogen-bond acceptors (Lipinski definition) is 3. The van der Waals surface area contributed by atoms with Crippen LogP contribution in [-0.4, -0.2) is 34.3 Å². The molecule has 2 N–H and O–H groups in total. The number of hydrogen-bond donors (Lipinski definition) is 1. The van der Waals surface area contributed by atoms with E-state index in [0.717, 1.165) is 19.4 Å². The molecule has 5 heteroatoms. The maximum absolute atomic E-state index is 12.2. The summed E-state index contributed by atoms with van der Waals surface area (Å²) in [5.41, 5.74) is 5.74. The average molecular weight is 233 g/mol. The molecular formula is C12H15N3O2. The lowest BCUT2D eigenvalue weighted by molar-refractivity contribution is 0.0747. The number of carbonyl (C=O) groups is 2. The molecule has 1 saturated heterocycles. The Kier molecular flexibility index (Phi) is 3.08. The smallest absolute Gasteiger partial charge is 0.267 e. The van der Waals surface area contributed by atoms with E-state index in [4.69, 9.17) is 5.73 Å². The molecule has 1 aliphatic rings. The molecule has 1 aromatic heterocycles. The third-order valence-corrected chi connectivity index (χ3v) is 3.07. The van der Waals surface area contributed by atoms with Crippen molar-refractivity contribution in [1.82, 2.24) is 9.88 Å². The normalized spacial score (nSPS) is 19.4. The van der Waals surface area contributed by atoms with E-state index in [0.29, 0.717) is 5.56 Å². The van der Waals surface area contributed by atoms with E-state index in [-0.39, 0.29) is 17.6 Å². The van der Waals surface area contributed by atoms with Gasteiger partial charge in [-0.1, -0.05) is 0 Å². The van der Waals surface area contributed by atoms with Gasteiger partial charge in [-0.05, 0) is 31.9 Å². The third kappa shape index (κ3) is 2.27.